The molecule has 1 saturated carbocycles. The number of nitrogens with zero attached hydrogens (tertiary/aromatic N) is 1. The maximum Gasteiger partial charge on any atom is 0.293 e. The van der Waals surface area contributed by atoms with Crippen molar-refractivity contribution in [1.82, 2.24) is 4.90 Å². The van der Waals surface area contributed by atoms with E-state index >= 15 is 0 Å². The van der Waals surface area contributed by atoms with Gasteiger partial charge in [0.05, 0.1) is 12.2 Å². The third-order valence-electron chi connectivity index (χ3n) is 3.99. The monoisotopic (exact) mass is 397 g/mol. The van der Waals surface area contributed by atoms with Gasteiger partial charge in [0.15, 0.2) is 0 Å². The van der Waals surface area contributed by atoms with Crippen molar-refractivity contribution in [2.75, 3.05) is 46.6 Å². The van der Waals surface area contributed by atoms with Crippen molar-refractivity contribution in [1.29, 1.82) is 0 Å². The summed E-state index contributed by atoms with van der Waals surface area (Å²) in [7, 11) is 2.04. The van der Waals surface area contributed by atoms with Crippen molar-refractivity contribution in [3.8, 4) is 0 Å². The molecular weight excluding hydrogens is 352 g/mol. The lowest BCUT2D eigenvalue weighted by molar-refractivity contribution is -0.154. The highest BCUT2D eigenvalue weighted by Crippen LogP contribution is 2.30. The SMILES string of the molecule is CC.CC.CC.CC1CC(OCC(F)(F)COCCCOC2CN(C)C2)C1. The molecule has 0 bridgehead atoms. The summed E-state index contributed by atoms with van der Waals surface area (Å²) < 4.78 is 42.8. The summed E-state index contributed by atoms with van der Waals surface area (Å²) >= 11 is 0. The minimum atomic E-state index is -2.89. The molecule has 2 aliphatic rings. The first kappa shape index (κ1) is 28.9. The zero-order valence-corrected chi connectivity index (χ0v) is 19.0. The predicted octanol–water partition coefficient (Wildman–Crippen LogP) is 5.25. The minimum Gasteiger partial charge on any atom is -0.375 e. The zero-order valence-electron chi connectivity index (χ0n) is 19.0. The van der Waals surface area contributed by atoms with E-state index in [0.29, 0.717) is 31.7 Å². The molecule has 0 spiro atoms. The molecule has 0 aromatic carbocycles. The van der Waals surface area contributed by atoms with Gasteiger partial charge < -0.3 is 19.1 Å². The molecule has 1 saturated heterocycles. The standard InChI is InChI=1S/C15H27F2NO3.3C2H6/c1-12-6-13(7-12)21-11-15(16,17)10-19-4-3-5-20-14-8-18(2)9-14;3*1-2/h12-14H,3-11H2,1-2H3;3*1-2H3. The van der Waals surface area contributed by atoms with Crippen molar-refractivity contribution >= 4 is 0 Å². The molecule has 0 atom stereocenters. The lowest BCUT2D eigenvalue weighted by atomic mass is 9.84. The number of likely N-dealkylation sites (tertiary alicyclic amines) is 1. The summed E-state index contributed by atoms with van der Waals surface area (Å²) in [6.07, 6.45) is 2.75. The number of hydrogen-bond acceptors (Lipinski definition) is 4. The van der Waals surface area contributed by atoms with E-state index in [1.165, 1.54) is 0 Å². The van der Waals surface area contributed by atoms with Gasteiger partial charge in [-0.1, -0.05) is 48.5 Å². The summed E-state index contributed by atoms with van der Waals surface area (Å²) in [5.74, 6) is -2.29. The van der Waals surface area contributed by atoms with Crippen molar-refractivity contribution in [3.63, 3.8) is 0 Å². The Balaban J connectivity index is 0. The van der Waals surface area contributed by atoms with Gasteiger partial charge in [-0.25, -0.2) is 8.78 Å². The van der Waals surface area contributed by atoms with Crippen LogP contribution in [0.1, 0.15) is 67.7 Å². The van der Waals surface area contributed by atoms with Gasteiger partial charge in [-0.2, -0.15) is 0 Å². The van der Waals surface area contributed by atoms with Gasteiger partial charge in [-0.05, 0) is 32.2 Å². The van der Waals surface area contributed by atoms with E-state index in [2.05, 4.69) is 11.8 Å². The van der Waals surface area contributed by atoms with E-state index in [1.807, 2.05) is 48.6 Å². The Morgan fingerprint density at radius 3 is 1.89 bits per heavy atom. The zero-order chi connectivity index (χ0) is 21.3. The molecule has 0 radical (unpaired) electrons. The average Bonchev–Trinajstić information content (AvgIpc) is 2.64. The number of ether oxygens (including phenoxy) is 3. The first-order chi connectivity index (χ1) is 12.9. The van der Waals surface area contributed by atoms with Crippen LogP contribution in [0.15, 0.2) is 0 Å². The van der Waals surface area contributed by atoms with Gasteiger partial charge >= 0.3 is 0 Å². The highest BCUT2D eigenvalue weighted by molar-refractivity contribution is 4.78. The molecule has 27 heavy (non-hydrogen) atoms. The van der Waals surface area contributed by atoms with Gasteiger partial charge in [-0.3, -0.25) is 0 Å². The Hall–Kier alpha value is -0.300. The van der Waals surface area contributed by atoms with Gasteiger partial charge in [0.1, 0.15) is 13.2 Å². The molecule has 4 nitrogen and oxygen atoms in total. The Labute approximate surface area is 166 Å². The fraction of sp³-hybridized carbons (Fsp3) is 1.00. The van der Waals surface area contributed by atoms with E-state index in [1.54, 1.807) is 0 Å². The lowest BCUT2D eigenvalue weighted by Crippen LogP contribution is -2.49. The van der Waals surface area contributed by atoms with Crippen molar-refractivity contribution in [3.05, 3.63) is 0 Å². The second-order valence-corrected chi connectivity index (χ2v) is 6.49. The molecule has 166 valence electrons. The number of likely N-dealkylation sites (N-methyl/N-ethyl adjacent to an activating group) is 1. The van der Waals surface area contributed by atoms with E-state index in [9.17, 15) is 8.78 Å². The number of hydrogen-bond donors (Lipinski definition) is 0. The van der Waals surface area contributed by atoms with Crippen molar-refractivity contribution in [2.45, 2.75) is 85.9 Å². The molecule has 0 N–H and O–H groups in total. The number of halogens is 2. The van der Waals surface area contributed by atoms with Crippen LogP contribution in [-0.4, -0.2) is 69.6 Å². The van der Waals surface area contributed by atoms with Gasteiger partial charge in [0.2, 0.25) is 0 Å². The van der Waals surface area contributed by atoms with E-state index in [0.717, 1.165) is 25.9 Å². The van der Waals surface area contributed by atoms with Crippen LogP contribution in [0.3, 0.4) is 0 Å². The average molecular weight is 398 g/mol. The van der Waals surface area contributed by atoms with Crippen molar-refractivity contribution < 1.29 is 23.0 Å². The normalized spacial score (nSPS) is 22.0. The van der Waals surface area contributed by atoms with Crippen molar-refractivity contribution in [2.24, 2.45) is 5.92 Å². The Kier molecular flexibility index (Phi) is 19.0. The number of rotatable bonds is 10. The fourth-order valence-electron chi connectivity index (χ4n) is 2.63. The topological polar surface area (TPSA) is 30.9 Å². The molecule has 0 amide bonds. The molecule has 1 heterocycles. The van der Waals surface area contributed by atoms with Crippen LogP contribution in [-0.2, 0) is 14.2 Å². The smallest absolute Gasteiger partial charge is 0.293 e. The molecular formula is C21H45F2NO3. The largest absolute Gasteiger partial charge is 0.375 e. The van der Waals surface area contributed by atoms with Gasteiger partial charge in [-0.15, -0.1) is 0 Å². The third-order valence-corrected chi connectivity index (χ3v) is 3.99. The first-order valence-corrected chi connectivity index (χ1v) is 10.8. The predicted molar refractivity (Wildman–Crippen MR) is 110 cm³/mol. The molecule has 1 aliphatic carbocycles. The van der Waals surface area contributed by atoms with E-state index in [4.69, 9.17) is 14.2 Å². The minimum absolute atomic E-state index is 0.0138. The fourth-order valence-corrected chi connectivity index (χ4v) is 2.63. The maximum absolute atomic E-state index is 13.5. The molecule has 1 aliphatic heterocycles. The number of alkyl halides is 2. The van der Waals surface area contributed by atoms with Crippen LogP contribution in [0.5, 0.6) is 0 Å². The van der Waals surface area contributed by atoms with Gasteiger partial charge in [0, 0.05) is 26.3 Å². The van der Waals surface area contributed by atoms with Crippen LogP contribution >= 0.6 is 0 Å². The van der Waals surface area contributed by atoms with Crippen LogP contribution in [0, 0.1) is 5.92 Å². The summed E-state index contributed by atoms with van der Waals surface area (Å²) in [6.45, 7) is 15.8. The quantitative estimate of drug-likeness (QED) is 0.471. The van der Waals surface area contributed by atoms with Crippen LogP contribution < -0.4 is 0 Å². The maximum atomic E-state index is 13.5. The Morgan fingerprint density at radius 2 is 1.41 bits per heavy atom. The second kappa shape index (κ2) is 17.8. The first-order valence-electron chi connectivity index (χ1n) is 10.8. The summed E-state index contributed by atoms with van der Waals surface area (Å²) in [6, 6.07) is 0. The highest BCUT2D eigenvalue weighted by atomic mass is 19.3. The van der Waals surface area contributed by atoms with E-state index in [-0.39, 0.29) is 6.10 Å². The lowest BCUT2D eigenvalue weighted by Gasteiger charge is -2.35. The Morgan fingerprint density at radius 1 is 0.852 bits per heavy atom. The molecule has 6 heteroatoms. The summed E-state index contributed by atoms with van der Waals surface area (Å²) in [4.78, 5) is 2.17. The molecule has 0 aromatic rings. The van der Waals surface area contributed by atoms with Crippen LogP contribution in [0.4, 0.5) is 8.78 Å². The third kappa shape index (κ3) is 14.4. The molecule has 2 rings (SSSR count). The Bertz CT molecular complexity index is 308. The van der Waals surface area contributed by atoms with Crippen LogP contribution in [0.2, 0.25) is 0 Å². The summed E-state index contributed by atoms with van der Waals surface area (Å²) in [5.41, 5.74) is 0. The highest BCUT2D eigenvalue weighted by Gasteiger charge is 2.34. The van der Waals surface area contributed by atoms with E-state index < -0.39 is 19.1 Å². The molecule has 0 unspecified atom stereocenters. The van der Waals surface area contributed by atoms with Gasteiger partial charge in [0.25, 0.3) is 5.92 Å². The second-order valence-electron chi connectivity index (χ2n) is 6.49. The van der Waals surface area contributed by atoms with Crippen LogP contribution in [0.25, 0.3) is 0 Å². The molecule has 0 aromatic heterocycles. The molecule has 2 fully saturated rings. The summed E-state index contributed by atoms with van der Waals surface area (Å²) in [5, 5.41) is 0.